The van der Waals surface area contributed by atoms with Crippen LogP contribution in [0.5, 0.6) is 5.75 Å². The zero-order chi connectivity index (χ0) is 14.2. The summed E-state index contributed by atoms with van der Waals surface area (Å²) in [7, 11) is 0. The molecule has 0 aliphatic rings. The van der Waals surface area contributed by atoms with Crippen LogP contribution >= 0.6 is 11.3 Å². The predicted octanol–water partition coefficient (Wildman–Crippen LogP) is 3.96. The van der Waals surface area contributed by atoms with Crippen LogP contribution in [0.2, 0.25) is 0 Å². The summed E-state index contributed by atoms with van der Waals surface area (Å²) in [5.74, 6) is 0.593. The maximum Gasteiger partial charge on any atom is 0.248 e. The molecule has 0 radical (unpaired) electrons. The Hall–Kier alpha value is -2.33. The molecule has 3 nitrogen and oxygen atoms in total. The Balaban J connectivity index is 1.89. The number of benzene rings is 1. The highest BCUT2D eigenvalue weighted by molar-refractivity contribution is 7.10. The lowest BCUT2D eigenvalue weighted by Gasteiger charge is -2.05. The first-order valence-corrected chi connectivity index (χ1v) is 7.02. The van der Waals surface area contributed by atoms with E-state index in [4.69, 9.17) is 4.74 Å². The van der Waals surface area contributed by atoms with Crippen molar-refractivity contribution in [1.82, 2.24) is 0 Å². The highest BCUT2D eigenvalue weighted by Gasteiger charge is 1.99. The molecule has 102 valence electrons. The van der Waals surface area contributed by atoms with Crippen LogP contribution in [0.4, 0.5) is 5.69 Å². The third-order valence-corrected chi connectivity index (χ3v) is 3.27. The molecule has 0 atom stereocenters. The van der Waals surface area contributed by atoms with Gasteiger partial charge in [-0.2, -0.15) is 0 Å². The molecule has 1 aromatic heterocycles. The van der Waals surface area contributed by atoms with Crippen molar-refractivity contribution in [3.8, 4) is 5.75 Å². The third kappa shape index (κ3) is 4.40. The van der Waals surface area contributed by atoms with Crippen LogP contribution < -0.4 is 10.1 Å². The van der Waals surface area contributed by atoms with Crippen molar-refractivity contribution in [3.63, 3.8) is 0 Å². The van der Waals surface area contributed by atoms with E-state index in [0.717, 1.165) is 16.3 Å². The lowest BCUT2D eigenvalue weighted by molar-refractivity contribution is -0.111. The molecule has 0 aliphatic carbocycles. The van der Waals surface area contributed by atoms with Gasteiger partial charge in [-0.05, 0) is 41.8 Å². The number of nitrogens with one attached hydrogen (secondary N) is 1. The van der Waals surface area contributed by atoms with E-state index < -0.39 is 0 Å². The van der Waals surface area contributed by atoms with Gasteiger partial charge < -0.3 is 10.1 Å². The Morgan fingerprint density at radius 1 is 1.30 bits per heavy atom. The van der Waals surface area contributed by atoms with Crippen molar-refractivity contribution in [1.29, 1.82) is 0 Å². The number of thiophene rings is 1. The fourth-order valence-electron chi connectivity index (χ4n) is 1.52. The number of anilines is 1. The van der Waals surface area contributed by atoms with Gasteiger partial charge in [0, 0.05) is 16.6 Å². The van der Waals surface area contributed by atoms with Crippen LogP contribution in [-0.2, 0) is 4.79 Å². The van der Waals surface area contributed by atoms with Crippen LogP contribution in [0.3, 0.4) is 0 Å². The normalized spacial score (nSPS) is 10.4. The molecule has 0 spiro atoms. The van der Waals surface area contributed by atoms with Crippen LogP contribution in [0.1, 0.15) is 4.88 Å². The zero-order valence-electron chi connectivity index (χ0n) is 10.9. The fourth-order valence-corrected chi connectivity index (χ4v) is 2.14. The van der Waals surface area contributed by atoms with Crippen molar-refractivity contribution in [3.05, 3.63) is 65.4 Å². The summed E-state index contributed by atoms with van der Waals surface area (Å²) in [5.41, 5.74) is 0.733. The van der Waals surface area contributed by atoms with Gasteiger partial charge in [-0.1, -0.05) is 18.7 Å². The van der Waals surface area contributed by atoms with Crippen molar-refractivity contribution in [2.45, 2.75) is 0 Å². The molecule has 0 saturated heterocycles. The maximum absolute atomic E-state index is 11.7. The standard InChI is InChI=1S/C16H15NO2S/c1-2-11-19-14-7-5-13(6-8-14)17-16(18)10-9-15-4-3-12-20-15/h2-10,12H,1,11H2,(H,17,18)/b10-9+. The summed E-state index contributed by atoms with van der Waals surface area (Å²) in [6, 6.07) is 11.1. The summed E-state index contributed by atoms with van der Waals surface area (Å²) < 4.78 is 5.37. The maximum atomic E-state index is 11.7. The molecule has 1 amide bonds. The molecule has 1 aromatic carbocycles. The smallest absolute Gasteiger partial charge is 0.248 e. The second kappa shape index (κ2) is 7.31. The quantitative estimate of drug-likeness (QED) is 0.644. The van der Waals surface area contributed by atoms with Gasteiger partial charge >= 0.3 is 0 Å². The highest BCUT2D eigenvalue weighted by atomic mass is 32.1. The minimum atomic E-state index is -0.154. The van der Waals surface area contributed by atoms with E-state index in [0.29, 0.717) is 6.61 Å². The molecule has 2 rings (SSSR count). The molecule has 0 fully saturated rings. The van der Waals surface area contributed by atoms with E-state index >= 15 is 0 Å². The van der Waals surface area contributed by atoms with E-state index in [2.05, 4.69) is 11.9 Å². The third-order valence-electron chi connectivity index (χ3n) is 2.43. The lowest BCUT2D eigenvalue weighted by atomic mass is 10.3. The molecule has 1 N–H and O–H groups in total. The number of hydrogen-bond donors (Lipinski definition) is 1. The molecular formula is C16H15NO2S. The van der Waals surface area contributed by atoms with Crippen molar-refractivity contribution in [2.75, 3.05) is 11.9 Å². The van der Waals surface area contributed by atoms with Gasteiger partial charge in [0.2, 0.25) is 5.91 Å². The molecule has 4 heteroatoms. The van der Waals surface area contributed by atoms with Crippen molar-refractivity contribution in [2.24, 2.45) is 0 Å². The minimum absolute atomic E-state index is 0.154. The van der Waals surface area contributed by atoms with Crippen LogP contribution in [-0.4, -0.2) is 12.5 Å². The van der Waals surface area contributed by atoms with Crippen molar-refractivity contribution < 1.29 is 9.53 Å². The molecule has 0 bridgehead atoms. The first-order valence-electron chi connectivity index (χ1n) is 6.14. The Bertz CT molecular complexity index is 585. The summed E-state index contributed by atoms with van der Waals surface area (Å²) in [6.07, 6.45) is 5.00. The SMILES string of the molecule is C=CCOc1ccc(NC(=O)/C=C/c2cccs2)cc1. The summed E-state index contributed by atoms with van der Waals surface area (Å²) in [4.78, 5) is 12.8. The Labute approximate surface area is 122 Å². The molecule has 20 heavy (non-hydrogen) atoms. The van der Waals surface area contributed by atoms with Gasteiger partial charge in [0.1, 0.15) is 12.4 Å². The molecular weight excluding hydrogens is 270 g/mol. The van der Waals surface area contributed by atoms with Crippen LogP contribution in [0.15, 0.2) is 60.5 Å². The van der Waals surface area contributed by atoms with E-state index in [9.17, 15) is 4.79 Å². The highest BCUT2D eigenvalue weighted by Crippen LogP contribution is 2.16. The van der Waals surface area contributed by atoms with Crippen molar-refractivity contribution >= 4 is 29.0 Å². The summed E-state index contributed by atoms with van der Waals surface area (Å²) in [6.45, 7) is 4.05. The van der Waals surface area contributed by atoms with Gasteiger partial charge in [-0.15, -0.1) is 11.3 Å². The molecule has 0 aliphatic heterocycles. The number of carbonyl (C=O) groups excluding carboxylic acids is 1. The first kappa shape index (κ1) is 14.1. The minimum Gasteiger partial charge on any atom is -0.490 e. The molecule has 1 heterocycles. The second-order valence-corrected chi connectivity index (χ2v) is 4.94. The van der Waals surface area contributed by atoms with Crippen LogP contribution in [0, 0.1) is 0 Å². The summed E-state index contributed by atoms with van der Waals surface area (Å²) >= 11 is 1.59. The van der Waals surface area contributed by atoms with E-state index in [1.54, 1.807) is 35.6 Å². The van der Waals surface area contributed by atoms with Gasteiger partial charge in [0.25, 0.3) is 0 Å². The number of ether oxygens (including phenoxy) is 1. The van der Waals surface area contributed by atoms with Crippen LogP contribution in [0.25, 0.3) is 6.08 Å². The molecule has 0 saturated carbocycles. The van der Waals surface area contributed by atoms with Gasteiger partial charge in [-0.25, -0.2) is 0 Å². The fraction of sp³-hybridized carbons (Fsp3) is 0.0625. The van der Waals surface area contributed by atoms with E-state index in [1.165, 1.54) is 6.08 Å². The van der Waals surface area contributed by atoms with Gasteiger partial charge in [-0.3, -0.25) is 4.79 Å². The summed E-state index contributed by atoms with van der Waals surface area (Å²) in [5, 5.41) is 4.76. The predicted molar refractivity (Wildman–Crippen MR) is 84.1 cm³/mol. The van der Waals surface area contributed by atoms with E-state index in [1.807, 2.05) is 29.6 Å². The monoisotopic (exact) mass is 285 g/mol. The zero-order valence-corrected chi connectivity index (χ0v) is 11.7. The molecule has 2 aromatic rings. The average Bonchev–Trinajstić information content (AvgIpc) is 2.98. The number of hydrogen-bond acceptors (Lipinski definition) is 3. The number of rotatable bonds is 6. The molecule has 0 unspecified atom stereocenters. The number of carbonyl (C=O) groups is 1. The average molecular weight is 285 g/mol. The number of amides is 1. The first-order chi connectivity index (χ1) is 9.78. The van der Waals surface area contributed by atoms with Gasteiger partial charge in [0.15, 0.2) is 0 Å². The van der Waals surface area contributed by atoms with E-state index in [-0.39, 0.29) is 5.91 Å². The Kier molecular flexibility index (Phi) is 5.15. The Morgan fingerprint density at radius 2 is 2.10 bits per heavy atom. The topological polar surface area (TPSA) is 38.3 Å². The lowest BCUT2D eigenvalue weighted by Crippen LogP contribution is -2.07. The second-order valence-electron chi connectivity index (χ2n) is 3.96. The Morgan fingerprint density at radius 3 is 2.75 bits per heavy atom. The largest absolute Gasteiger partial charge is 0.490 e. The van der Waals surface area contributed by atoms with Gasteiger partial charge in [0.05, 0.1) is 0 Å².